The summed E-state index contributed by atoms with van der Waals surface area (Å²) < 4.78 is 37.1. The number of nitrogens with one attached hydrogen (secondary N) is 1. The number of aromatic nitrogens is 2. The highest BCUT2D eigenvalue weighted by Gasteiger charge is 2.23. The molecule has 2 unspecified atom stereocenters. The van der Waals surface area contributed by atoms with Crippen LogP contribution in [0.4, 0.5) is 0 Å². The molecule has 3 N–H and O–H groups in total. The second-order valence-corrected chi connectivity index (χ2v) is 9.55. The average molecular weight is 432 g/mol. The molecule has 0 saturated carbocycles. The average Bonchev–Trinajstić information content (AvgIpc) is 3.21. The van der Waals surface area contributed by atoms with E-state index in [0.29, 0.717) is 34.4 Å². The van der Waals surface area contributed by atoms with Crippen LogP contribution in [0.5, 0.6) is 5.75 Å². The standard InChI is InChI=1S/C21H25N3O5S/c1-13(30(22,26)27)14-5-6-19(29-15-4-3-9-28-12-15)17(10-14)18-11-24(2)21(25)16-7-8-23-20(16)18/h5-8,10-11,13,15,23H,3-4,9,12H2,1-2H3,(H2,22,26,27). The van der Waals surface area contributed by atoms with Crippen LogP contribution in [0.3, 0.4) is 0 Å². The van der Waals surface area contributed by atoms with Crippen molar-refractivity contribution in [2.24, 2.45) is 12.2 Å². The highest BCUT2D eigenvalue weighted by molar-refractivity contribution is 7.89. The van der Waals surface area contributed by atoms with Gasteiger partial charge in [0.1, 0.15) is 11.9 Å². The summed E-state index contributed by atoms with van der Waals surface area (Å²) in [4.78, 5) is 15.6. The number of benzene rings is 1. The topological polar surface area (TPSA) is 116 Å². The van der Waals surface area contributed by atoms with E-state index >= 15 is 0 Å². The van der Waals surface area contributed by atoms with Crippen molar-refractivity contribution >= 4 is 20.9 Å². The normalized spacial score (nSPS) is 18.4. The van der Waals surface area contributed by atoms with E-state index in [9.17, 15) is 13.2 Å². The molecule has 0 aliphatic carbocycles. The van der Waals surface area contributed by atoms with E-state index in [-0.39, 0.29) is 11.7 Å². The first-order chi connectivity index (χ1) is 14.3. The molecule has 8 nitrogen and oxygen atoms in total. The maximum atomic E-state index is 12.5. The summed E-state index contributed by atoms with van der Waals surface area (Å²) in [5.74, 6) is 0.602. The zero-order valence-corrected chi connectivity index (χ0v) is 17.7. The number of rotatable bonds is 5. The van der Waals surface area contributed by atoms with Gasteiger partial charge in [-0.3, -0.25) is 4.79 Å². The van der Waals surface area contributed by atoms with Crippen molar-refractivity contribution in [2.45, 2.75) is 31.1 Å². The van der Waals surface area contributed by atoms with Crippen LogP contribution in [-0.2, 0) is 21.8 Å². The molecule has 160 valence electrons. The van der Waals surface area contributed by atoms with Gasteiger partial charge < -0.3 is 19.0 Å². The van der Waals surface area contributed by atoms with Crippen molar-refractivity contribution in [1.29, 1.82) is 0 Å². The third kappa shape index (κ3) is 3.88. The Balaban J connectivity index is 1.90. The summed E-state index contributed by atoms with van der Waals surface area (Å²) in [5.41, 5.74) is 2.53. The minimum Gasteiger partial charge on any atom is -0.487 e. The number of nitrogens with zero attached hydrogens (tertiary/aromatic N) is 1. The first-order valence-corrected chi connectivity index (χ1v) is 11.4. The van der Waals surface area contributed by atoms with Crippen molar-refractivity contribution in [2.75, 3.05) is 13.2 Å². The third-order valence-corrected chi connectivity index (χ3v) is 6.82. The summed E-state index contributed by atoms with van der Waals surface area (Å²) in [5, 5.41) is 5.05. The lowest BCUT2D eigenvalue weighted by molar-refractivity contribution is 0.00767. The second-order valence-electron chi connectivity index (χ2n) is 7.67. The lowest BCUT2D eigenvalue weighted by atomic mass is 10.00. The van der Waals surface area contributed by atoms with E-state index in [2.05, 4.69) is 4.98 Å². The van der Waals surface area contributed by atoms with Gasteiger partial charge in [0.15, 0.2) is 0 Å². The van der Waals surface area contributed by atoms with Crippen LogP contribution < -0.4 is 15.4 Å². The number of ether oxygens (including phenoxy) is 2. The molecule has 3 heterocycles. The molecule has 2 aromatic heterocycles. The smallest absolute Gasteiger partial charge is 0.259 e. The number of pyridine rings is 1. The van der Waals surface area contributed by atoms with Crippen LogP contribution in [0, 0.1) is 0 Å². The Hall–Kier alpha value is -2.62. The fraction of sp³-hybridized carbons (Fsp3) is 0.381. The summed E-state index contributed by atoms with van der Waals surface area (Å²) in [6.07, 6.45) is 5.14. The summed E-state index contributed by atoms with van der Waals surface area (Å²) in [6, 6.07) is 6.98. The summed E-state index contributed by atoms with van der Waals surface area (Å²) >= 11 is 0. The van der Waals surface area contributed by atoms with Crippen LogP contribution in [0.15, 0.2) is 41.5 Å². The molecule has 1 aromatic carbocycles. The maximum absolute atomic E-state index is 12.5. The molecule has 1 aliphatic rings. The van der Waals surface area contributed by atoms with E-state index in [0.717, 1.165) is 25.0 Å². The lowest BCUT2D eigenvalue weighted by Crippen LogP contribution is -2.28. The zero-order valence-electron chi connectivity index (χ0n) is 16.9. The van der Waals surface area contributed by atoms with Gasteiger partial charge in [0.2, 0.25) is 10.0 Å². The molecular weight excluding hydrogens is 406 g/mol. The number of H-pyrrole nitrogens is 1. The molecule has 0 radical (unpaired) electrons. The Morgan fingerprint density at radius 1 is 1.30 bits per heavy atom. The van der Waals surface area contributed by atoms with Gasteiger partial charge >= 0.3 is 0 Å². The monoisotopic (exact) mass is 431 g/mol. The first kappa shape index (κ1) is 20.6. The van der Waals surface area contributed by atoms with Gasteiger partial charge in [-0.05, 0) is 43.5 Å². The number of hydrogen-bond acceptors (Lipinski definition) is 5. The third-order valence-electron chi connectivity index (χ3n) is 5.56. The highest BCUT2D eigenvalue weighted by atomic mass is 32.2. The molecule has 1 saturated heterocycles. The predicted molar refractivity (Wildman–Crippen MR) is 115 cm³/mol. The van der Waals surface area contributed by atoms with Crippen LogP contribution in [0.1, 0.15) is 30.6 Å². The van der Waals surface area contributed by atoms with Gasteiger partial charge in [-0.2, -0.15) is 0 Å². The van der Waals surface area contributed by atoms with Crippen LogP contribution in [-0.4, -0.2) is 37.3 Å². The Bertz CT molecular complexity index is 1240. The number of hydrogen-bond donors (Lipinski definition) is 2. The number of fused-ring (bicyclic) bond motifs is 1. The molecule has 1 fully saturated rings. The van der Waals surface area contributed by atoms with Crippen LogP contribution in [0.2, 0.25) is 0 Å². The van der Waals surface area contributed by atoms with E-state index in [1.165, 1.54) is 4.57 Å². The molecule has 2 atom stereocenters. The largest absolute Gasteiger partial charge is 0.487 e. The molecule has 0 spiro atoms. The molecule has 1 aliphatic heterocycles. The first-order valence-electron chi connectivity index (χ1n) is 9.82. The number of aromatic amines is 1. The van der Waals surface area contributed by atoms with E-state index in [1.807, 2.05) is 0 Å². The second kappa shape index (κ2) is 7.90. The molecule has 3 aromatic rings. The van der Waals surface area contributed by atoms with Gasteiger partial charge in [0.25, 0.3) is 5.56 Å². The van der Waals surface area contributed by atoms with E-state index < -0.39 is 15.3 Å². The summed E-state index contributed by atoms with van der Waals surface area (Å²) in [6.45, 7) is 2.77. The predicted octanol–water partition coefficient (Wildman–Crippen LogP) is 2.44. The number of nitrogens with two attached hydrogens (primary N) is 1. The quantitative estimate of drug-likeness (QED) is 0.644. The number of sulfonamides is 1. The van der Waals surface area contributed by atoms with Crippen LogP contribution in [0.25, 0.3) is 22.0 Å². The fourth-order valence-corrected chi connectivity index (χ4v) is 4.29. The molecule has 4 rings (SSSR count). The fourth-order valence-electron chi connectivity index (χ4n) is 3.77. The van der Waals surface area contributed by atoms with Gasteiger partial charge in [0, 0.05) is 37.2 Å². The summed E-state index contributed by atoms with van der Waals surface area (Å²) in [7, 11) is -2.08. The highest BCUT2D eigenvalue weighted by Crippen LogP contribution is 2.37. The van der Waals surface area contributed by atoms with Crippen molar-refractivity contribution in [3.05, 3.63) is 52.6 Å². The Labute approximate surface area is 174 Å². The molecule has 9 heteroatoms. The maximum Gasteiger partial charge on any atom is 0.259 e. The van der Waals surface area contributed by atoms with Crippen molar-refractivity contribution < 1.29 is 17.9 Å². The molecule has 0 amide bonds. The lowest BCUT2D eigenvalue weighted by Gasteiger charge is -2.25. The number of aryl methyl sites for hydroxylation is 1. The Kier molecular flexibility index (Phi) is 5.44. The van der Waals surface area contributed by atoms with Gasteiger partial charge in [-0.25, -0.2) is 13.6 Å². The molecular formula is C21H25N3O5S. The molecule has 30 heavy (non-hydrogen) atoms. The Morgan fingerprint density at radius 3 is 2.80 bits per heavy atom. The van der Waals surface area contributed by atoms with Crippen molar-refractivity contribution in [1.82, 2.24) is 9.55 Å². The van der Waals surface area contributed by atoms with Gasteiger partial charge in [-0.1, -0.05) is 6.07 Å². The minimum atomic E-state index is -3.77. The molecule has 0 bridgehead atoms. The number of primary sulfonamides is 1. The zero-order chi connectivity index (χ0) is 21.5. The van der Waals surface area contributed by atoms with Crippen LogP contribution >= 0.6 is 0 Å². The van der Waals surface area contributed by atoms with Gasteiger partial charge in [-0.15, -0.1) is 0 Å². The van der Waals surface area contributed by atoms with Crippen molar-refractivity contribution in [3.63, 3.8) is 0 Å². The van der Waals surface area contributed by atoms with E-state index in [4.69, 9.17) is 14.6 Å². The van der Waals surface area contributed by atoms with E-state index in [1.54, 1.807) is 50.6 Å². The SMILES string of the molecule is CC(c1ccc(OC2CCCOC2)c(-c2cn(C)c(=O)c3cc[nH]c23)c1)S(N)(=O)=O. The minimum absolute atomic E-state index is 0.0920. The van der Waals surface area contributed by atoms with Crippen molar-refractivity contribution in [3.8, 4) is 16.9 Å². The van der Waals surface area contributed by atoms with Gasteiger partial charge in [0.05, 0.1) is 22.8 Å². The Morgan fingerprint density at radius 2 is 2.10 bits per heavy atom.